The fraction of sp³-hybridized carbons (Fsp3) is 0.200. The Kier molecular flexibility index (Phi) is 3.77. The molecule has 0 aromatic heterocycles. The van der Waals surface area contributed by atoms with Crippen molar-refractivity contribution in [3.63, 3.8) is 0 Å². The highest BCUT2D eigenvalue weighted by Gasteiger charge is 2.25. The number of rotatable bonds is 4. The van der Waals surface area contributed by atoms with Crippen molar-refractivity contribution in [1.29, 1.82) is 0 Å². The fourth-order valence-electron chi connectivity index (χ4n) is 2.07. The Labute approximate surface area is 106 Å². The minimum atomic E-state index is -0.200. The van der Waals surface area contributed by atoms with Gasteiger partial charge in [0.05, 0.1) is 5.60 Å². The fourth-order valence-corrected chi connectivity index (χ4v) is 2.45. The van der Waals surface area contributed by atoms with E-state index in [1.165, 1.54) is 11.1 Å². The molecule has 2 heteroatoms. The van der Waals surface area contributed by atoms with Crippen molar-refractivity contribution in [3.05, 3.63) is 71.8 Å². The zero-order valence-electron chi connectivity index (χ0n) is 10.4. The Morgan fingerprint density at radius 3 is 2.00 bits per heavy atom. The molecule has 2 aromatic rings. The van der Waals surface area contributed by atoms with E-state index in [2.05, 4.69) is 55.5 Å². The van der Waals surface area contributed by atoms with E-state index in [-0.39, 0.29) is 5.60 Å². The molecule has 0 aliphatic carbocycles. The number of hydrogen-bond acceptors (Lipinski definition) is 1. The Hall–Kier alpha value is -1.38. The van der Waals surface area contributed by atoms with Crippen LogP contribution in [0.15, 0.2) is 60.7 Å². The summed E-state index contributed by atoms with van der Waals surface area (Å²) in [6.07, 6.45) is 0.918. The van der Waals surface area contributed by atoms with Crippen LogP contribution in [-0.4, -0.2) is 10.5 Å². The van der Waals surface area contributed by atoms with Crippen molar-refractivity contribution in [3.8, 4) is 0 Å². The summed E-state index contributed by atoms with van der Waals surface area (Å²) in [6, 6.07) is 21.0. The molecule has 0 N–H and O–H groups in total. The summed E-state index contributed by atoms with van der Waals surface area (Å²) in [5.41, 5.74) is 2.36. The van der Waals surface area contributed by atoms with Gasteiger partial charge in [0, 0.05) is 6.42 Å². The number of hydrogen-bond donors (Lipinski definition) is 0. The third kappa shape index (κ3) is 2.84. The molecule has 1 nitrogen and oxygen atoms in total. The summed E-state index contributed by atoms with van der Waals surface area (Å²) < 4.78 is 5.87. The van der Waals surface area contributed by atoms with Crippen molar-refractivity contribution in [2.24, 2.45) is 0 Å². The average molecular weight is 242 g/mol. The lowest BCUT2D eigenvalue weighted by Gasteiger charge is -2.29. The second-order valence-electron chi connectivity index (χ2n) is 4.46. The van der Waals surface area contributed by atoms with E-state index in [4.69, 9.17) is 4.43 Å². The van der Waals surface area contributed by atoms with E-state index in [0.717, 1.165) is 16.9 Å². The van der Waals surface area contributed by atoms with Crippen molar-refractivity contribution in [2.75, 3.05) is 0 Å². The highest BCUT2D eigenvalue weighted by atomic mass is 28.2. The minimum absolute atomic E-state index is 0.200. The van der Waals surface area contributed by atoms with Gasteiger partial charge in [-0.25, -0.2) is 0 Å². The molecule has 0 spiro atoms. The standard InChI is InChI=1S/C15H18OSi/c1-15(16-17,14-10-6-3-7-11-14)12-13-8-4-2-5-9-13/h2-11H,12H2,1,17H3. The maximum Gasteiger partial charge on any atom is 0.147 e. The maximum absolute atomic E-state index is 5.87. The van der Waals surface area contributed by atoms with Gasteiger partial charge >= 0.3 is 0 Å². The van der Waals surface area contributed by atoms with Crippen LogP contribution in [0.1, 0.15) is 18.1 Å². The molecule has 0 saturated carbocycles. The SMILES string of the molecule is CC(Cc1ccccc1)(O[SiH3])c1ccccc1. The monoisotopic (exact) mass is 242 g/mol. The predicted octanol–water partition coefficient (Wildman–Crippen LogP) is 2.44. The molecule has 17 heavy (non-hydrogen) atoms. The molecule has 1 unspecified atom stereocenters. The van der Waals surface area contributed by atoms with Crippen LogP contribution in [0.5, 0.6) is 0 Å². The first kappa shape index (κ1) is 12.1. The Morgan fingerprint density at radius 1 is 0.941 bits per heavy atom. The van der Waals surface area contributed by atoms with E-state index >= 15 is 0 Å². The predicted molar refractivity (Wildman–Crippen MR) is 75.0 cm³/mol. The summed E-state index contributed by atoms with van der Waals surface area (Å²) in [4.78, 5) is 0. The Bertz CT molecular complexity index is 455. The van der Waals surface area contributed by atoms with Gasteiger partial charge in [-0.3, -0.25) is 0 Å². The van der Waals surface area contributed by atoms with Gasteiger partial charge in [-0.05, 0) is 18.1 Å². The molecule has 0 fully saturated rings. The second kappa shape index (κ2) is 5.30. The zero-order valence-corrected chi connectivity index (χ0v) is 12.4. The van der Waals surface area contributed by atoms with Crippen LogP contribution in [0.4, 0.5) is 0 Å². The van der Waals surface area contributed by atoms with Crippen LogP contribution in [0.25, 0.3) is 0 Å². The maximum atomic E-state index is 5.87. The van der Waals surface area contributed by atoms with Crippen molar-refractivity contribution >= 4 is 10.5 Å². The van der Waals surface area contributed by atoms with Gasteiger partial charge < -0.3 is 4.43 Å². The third-order valence-electron chi connectivity index (χ3n) is 3.22. The molecular formula is C15H18OSi. The smallest absolute Gasteiger partial charge is 0.147 e. The highest BCUT2D eigenvalue weighted by Crippen LogP contribution is 2.28. The molecule has 0 saturated heterocycles. The molecule has 0 aliphatic heterocycles. The van der Waals surface area contributed by atoms with E-state index in [1.807, 2.05) is 12.1 Å². The van der Waals surface area contributed by atoms with Crippen LogP contribution in [0.3, 0.4) is 0 Å². The van der Waals surface area contributed by atoms with E-state index in [9.17, 15) is 0 Å². The van der Waals surface area contributed by atoms with E-state index < -0.39 is 0 Å². The van der Waals surface area contributed by atoms with Gasteiger partial charge in [0.2, 0.25) is 0 Å². The summed E-state index contributed by atoms with van der Waals surface area (Å²) in [7, 11) is 0.742. The minimum Gasteiger partial charge on any atom is -0.418 e. The van der Waals surface area contributed by atoms with Crippen molar-refractivity contribution in [1.82, 2.24) is 0 Å². The van der Waals surface area contributed by atoms with Crippen LogP contribution >= 0.6 is 0 Å². The van der Waals surface area contributed by atoms with Gasteiger partial charge in [0.15, 0.2) is 0 Å². The van der Waals surface area contributed by atoms with Gasteiger partial charge in [-0.15, -0.1) is 0 Å². The van der Waals surface area contributed by atoms with Crippen LogP contribution in [-0.2, 0) is 16.4 Å². The molecule has 0 radical (unpaired) electrons. The molecule has 0 heterocycles. The molecule has 2 aromatic carbocycles. The summed E-state index contributed by atoms with van der Waals surface area (Å²) in [6.45, 7) is 2.17. The average Bonchev–Trinajstić information content (AvgIpc) is 2.41. The van der Waals surface area contributed by atoms with E-state index in [0.29, 0.717) is 0 Å². The topological polar surface area (TPSA) is 9.23 Å². The molecule has 2 rings (SSSR count). The third-order valence-corrected chi connectivity index (χ3v) is 4.12. The quantitative estimate of drug-likeness (QED) is 0.748. The Morgan fingerprint density at radius 2 is 1.47 bits per heavy atom. The van der Waals surface area contributed by atoms with Gasteiger partial charge in [0.1, 0.15) is 10.5 Å². The number of benzene rings is 2. The zero-order chi connectivity index (χ0) is 12.1. The summed E-state index contributed by atoms with van der Waals surface area (Å²) in [5.74, 6) is 0. The first-order chi connectivity index (χ1) is 8.24. The van der Waals surface area contributed by atoms with E-state index in [1.54, 1.807) is 0 Å². The lowest BCUT2D eigenvalue weighted by atomic mass is 9.89. The first-order valence-corrected chi connectivity index (χ1v) is 6.71. The second-order valence-corrected chi connectivity index (χ2v) is 4.87. The largest absolute Gasteiger partial charge is 0.418 e. The molecule has 0 aliphatic rings. The Balaban J connectivity index is 2.27. The van der Waals surface area contributed by atoms with Crippen LogP contribution in [0.2, 0.25) is 0 Å². The van der Waals surface area contributed by atoms with Gasteiger partial charge in [-0.2, -0.15) is 0 Å². The normalized spacial score (nSPS) is 14.4. The molecule has 88 valence electrons. The summed E-state index contributed by atoms with van der Waals surface area (Å²) >= 11 is 0. The van der Waals surface area contributed by atoms with Crippen molar-refractivity contribution in [2.45, 2.75) is 18.9 Å². The molecule has 0 bridgehead atoms. The molecule has 0 amide bonds. The van der Waals surface area contributed by atoms with Crippen LogP contribution in [0, 0.1) is 0 Å². The van der Waals surface area contributed by atoms with Gasteiger partial charge in [-0.1, -0.05) is 60.7 Å². The van der Waals surface area contributed by atoms with Crippen LogP contribution < -0.4 is 0 Å². The van der Waals surface area contributed by atoms with Gasteiger partial charge in [0.25, 0.3) is 0 Å². The highest BCUT2D eigenvalue weighted by molar-refractivity contribution is 5.98. The lowest BCUT2D eigenvalue weighted by molar-refractivity contribution is 0.100. The molecular weight excluding hydrogens is 224 g/mol. The summed E-state index contributed by atoms with van der Waals surface area (Å²) in [5, 5.41) is 0. The van der Waals surface area contributed by atoms with Crippen molar-refractivity contribution < 1.29 is 4.43 Å². The molecule has 1 atom stereocenters. The lowest BCUT2D eigenvalue weighted by Crippen LogP contribution is -2.27. The first-order valence-electron chi connectivity index (χ1n) is 5.89.